The first-order chi connectivity index (χ1) is 18.4. The van der Waals surface area contributed by atoms with Crippen LogP contribution in [0.4, 0.5) is 19.0 Å². The third-order valence-corrected chi connectivity index (χ3v) is 7.56. The van der Waals surface area contributed by atoms with Gasteiger partial charge in [-0.15, -0.1) is 0 Å². The zero-order valence-electron chi connectivity index (χ0n) is 20.8. The lowest BCUT2D eigenvalue weighted by Gasteiger charge is -2.23. The summed E-state index contributed by atoms with van der Waals surface area (Å²) >= 11 is 3.42. The zero-order valence-corrected chi connectivity index (χ0v) is 22.4. The van der Waals surface area contributed by atoms with E-state index in [-0.39, 0.29) is 12.0 Å². The Hall–Kier alpha value is -3.29. The predicted molar refractivity (Wildman–Crippen MR) is 141 cm³/mol. The largest absolute Gasteiger partial charge is 0.490 e. The number of nitrogens with two attached hydrogens (primary N) is 1. The van der Waals surface area contributed by atoms with Crippen LogP contribution in [0.2, 0.25) is 0 Å². The molecule has 1 aliphatic carbocycles. The number of benzene rings is 1. The molecule has 1 saturated carbocycles. The highest BCUT2D eigenvalue weighted by Gasteiger charge is 2.43. The van der Waals surface area contributed by atoms with E-state index in [1.807, 2.05) is 29.0 Å². The molecule has 39 heavy (non-hydrogen) atoms. The Balaban J connectivity index is 0.000000448. The highest BCUT2D eigenvalue weighted by Crippen LogP contribution is 2.40. The number of aromatic nitrogens is 4. The number of rotatable bonds is 5. The van der Waals surface area contributed by atoms with Crippen molar-refractivity contribution in [1.82, 2.24) is 19.5 Å². The summed E-state index contributed by atoms with van der Waals surface area (Å²) in [4.78, 5) is 22.1. The summed E-state index contributed by atoms with van der Waals surface area (Å²) in [5.74, 6) is -1.54. The number of carboxylic acids is 1. The van der Waals surface area contributed by atoms with E-state index < -0.39 is 24.4 Å². The summed E-state index contributed by atoms with van der Waals surface area (Å²) in [5.41, 5.74) is 9.89. The fraction of sp³-hybridized carbons (Fsp3) is 0.385. The van der Waals surface area contributed by atoms with Crippen molar-refractivity contribution in [2.75, 3.05) is 5.73 Å². The average molecular weight is 610 g/mol. The number of alkyl halides is 3. The molecule has 1 aromatic heterocycles. The topological polar surface area (TPSA) is 147 Å². The molecule has 3 heterocycles. The number of carbonyl (C=O) groups is 1. The lowest BCUT2D eigenvalue weighted by molar-refractivity contribution is -0.192. The smallest absolute Gasteiger partial charge is 0.475 e. The molecule has 0 saturated heterocycles. The normalized spacial score (nSPS) is 21.2. The minimum Gasteiger partial charge on any atom is -0.475 e. The second-order valence-electron chi connectivity index (χ2n) is 9.46. The van der Waals surface area contributed by atoms with Gasteiger partial charge in [-0.25, -0.2) is 19.7 Å². The number of nitrogen functional groups attached to an aromatic ring is 1. The number of carboxylic acid groups (broad SMARTS) is 1. The first-order valence-electron chi connectivity index (χ1n) is 12.2. The number of aliphatic hydroxyl groups excluding tert-OH is 2. The quantitative estimate of drug-likeness (QED) is 0.260. The predicted octanol–water partition coefficient (Wildman–Crippen LogP) is 4.39. The third-order valence-electron chi connectivity index (χ3n) is 6.92. The van der Waals surface area contributed by atoms with Gasteiger partial charge in [-0.3, -0.25) is 0 Å². The molecule has 5 N–H and O–H groups in total. The number of pyridine rings is 2. The molecule has 13 heteroatoms. The Morgan fingerprint density at radius 1 is 1.15 bits per heavy atom. The third kappa shape index (κ3) is 6.31. The van der Waals surface area contributed by atoms with Gasteiger partial charge in [0.05, 0.1) is 22.1 Å². The van der Waals surface area contributed by atoms with E-state index in [4.69, 9.17) is 15.6 Å². The van der Waals surface area contributed by atoms with E-state index in [0.717, 1.165) is 57.3 Å². The summed E-state index contributed by atoms with van der Waals surface area (Å²) in [6.07, 6.45) is 0.0128. The number of aryl methyl sites for hydroxylation is 2. The van der Waals surface area contributed by atoms with Crippen LogP contribution in [0.3, 0.4) is 0 Å². The number of halogens is 4. The first-order valence-corrected chi connectivity index (χ1v) is 13.0. The lowest BCUT2D eigenvalue weighted by atomic mass is 9.95. The second kappa shape index (κ2) is 11.4. The Morgan fingerprint density at radius 3 is 2.54 bits per heavy atom. The van der Waals surface area contributed by atoms with Crippen molar-refractivity contribution in [1.29, 1.82) is 0 Å². The number of imidazole rings is 1. The van der Waals surface area contributed by atoms with Crippen molar-refractivity contribution < 1.29 is 33.3 Å². The van der Waals surface area contributed by atoms with Gasteiger partial charge in [-0.2, -0.15) is 13.2 Å². The number of hydrogen-bond acceptors (Lipinski definition) is 7. The number of anilines is 1. The molecule has 0 spiro atoms. The number of hydrogen-bond donors (Lipinski definition) is 4. The van der Waals surface area contributed by atoms with Crippen molar-refractivity contribution in [2.45, 2.75) is 57.0 Å². The van der Waals surface area contributed by atoms with Gasteiger partial charge < -0.3 is 25.6 Å². The summed E-state index contributed by atoms with van der Waals surface area (Å²) in [7, 11) is 0. The Bertz CT molecular complexity index is 1450. The summed E-state index contributed by atoms with van der Waals surface area (Å²) in [5, 5.41) is 29.9. The van der Waals surface area contributed by atoms with Crippen molar-refractivity contribution in [3.8, 4) is 11.5 Å². The fourth-order valence-corrected chi connectivity index (χ4v) is 5.18. The van der Waals surface area contributed by atoms with Crippen molar-refractivity contribution in [2.24, 2.45) is 5.92 Å². The molecule has 0 amide bonds. The molecule has 3 aliphatic rings. The second-order valence-corrected chi connectivity index (χ2v) is 10.3. The fourth-order valence-electron chi connectivity index (χ4n) is 4.84. The van der Waals surface area contributed by atoms with Crippen LogP contribution in [-0.4, -0.2) is 59.2 Å². The molecule has 9 nitrogen and oxygen atoms in total. The monoisotopic (exact) mass is 609 g/mol. The van der Waals surface area contributed by atoms with Crippen LogP contribution in [0, 0.1) is 5.92 Å². The average Bonchev–Trinajstić information content (AvgIpc) is 3.47. The summed E-state index contributed by atoms with van der Waals surface area (Å²) in [6, 6.07) is 9.96. The van der Waals surface area contributed by atoms with Crippen LogP contribution in [0.15, 0.2) is 47.3 Å². The van der Waals surface area contributed by atoms with Gasteiger partial charge in [0.1, 0.15) is 23.9 Å². The standard InChI is InChI=1S/C24H26BrN5O2.C2HF3O2/c1-2-13-7-19-24(28-12-27-19)30(11-13)20-10-16(21(31)22(20)32)6-4-14-3-5-15-9-17(25)23(26)29-18(15)8-14;3-2(4,5)1(6)7/h3,5,7-9,11-12,16,20-22,31-32H,2,4,6,10H2,1H3,(H2,26,29);(H,6,7)/t16-,20+,21+,22-;/m0./s1. The molecular formula is C26H27BrF3N5O4. The maximum atomic E-state index is 10.9. The first kappa shape index (κ1) is 28.7. The molecule has 5 rings (SSSR count). The Morgan fingerprint density at radius 2 is 1.87 bits per heavy atom. The molecule has 0 unspecified atom stereocenters. The van der Waals surface area contributed by atoms with Crippen LogP contribution in [0.5, 0.6) is 0 Å². The molecule has 2 aliphatic heterocycles. The summed E-state index contributed by atoms with van der Waals surface area (Å²) < 4.78 is 34.5. The lowest BCUT2D eigenvalue weighted by Crippen LogP contribution is -2.30. The maximum absolute atomic E-state index is 10.9. The van der Waals surface area contributed by atoms with Crippen LogP contribution in [-0.2, 0) is 17.6 Å². The number of nitrogens with zero attached hydrogens (tertiary/aromatic N) is 4. The van der Waals surface area contributed by atoms with Crippen molar-refractivity contribution in [3.05, 3.63) is 58.5 Å². The van der Waals surface area contributed by atoms with Crippen molar-refractivity contribution >= 4 is 38.6 Å². The molecule has 1 fully saturated rings. The van der Waals surface area contributed by atoms with E-state index in [9.17, 15) is 23.4 Å². The van der Waals surface area contributed by atoms with Crippen LogP contribution >= 0.6 is 15.9 Å². The molecule has 2 aromatic rings. The number of fused-ring (bicyclic) bond motifs is 2. The van der Waals surface area contributed by atoms with E-state index in [1.54, 1.807) is 6.33 Å². The van der Waals surface area contributed by atoms with Gasteiger partial charge in [0.15, 0.2) is 5.82 Å². The van der Waals surface area contributed by atoms with Crippen LogP contribution < -0.4 is 5.73 Å². The van der Waals surface area contributed by atoms with E-state index in [0.29, 0.717) is 12.2 Å². The van der Waals surface area contributed by atoms with Gasteiger partial charge >= 0.3 is 12.1 Å². The minimum atomic E-state index is -5.08. The van der Waals surface area contributed by atoms with Crippen molar-refractivity contribution in [3.63, 3.8) is 0 Å². The molecule has 208 valence electrons. The molecular weight excluding hydrogens is 583 g/mol. The minimum absolute atomic E-state index is 0.00982. The molecule has 4 atom stereocenters. The maximum Gasteiger partial charge on any atom is 0.490 e. The SMILES string of the molecule is CCc1cc2ncnc-2n([C@@H]2C[C@H](CCc3ccc4cc(Br)c(N)nc4c3)[C@@H](O)[C@H]2O)c1.O=C(O)C(F)(F)F. The number of aliphatic carboxylic acids is 1. The van der Waals surface area contributed by atoms with Gasteiger partial charge in [-0.05, 0) is 76.9 Å². The van der Waals surface area contributed by atoms with E-state index >= 15 is 0 Å². The Kier molecular flexibility index (Phi) is 8.42. The Labute approximate surface area is 230 Å². The zero-order chi connectivity index (χ0) is 28.5. The molecule has 0 bridgehead atoms. The number of aliphatic hydroxyl groups is 2. The van der Waals surface area contributed by atoms with Crippen LogP contribution in [0.1, 0.15) is 36.9 Å². The highest BCUT2D eigenvalue weighted by molar-refractivity contribution is 9.10. The van der Waals surface area contributed by atoms with E-state index in [1.165, 1.54) is 0 Å². The summed E-state index contributed by atoms with van der Waals surface area (Å²) in [6.45, 7) is 2.09. The van der Waals surface area contributed by atoms with E-state index in [2.05, 4.69) is 49.9 Å². The molecule has 0 radical (unpaired) electrons. The van der Waals surface area contributed by atoms with Crippen LogP contribution in [0.25, 0.3) is 22.4 Å². The van der Waals surface area contributed by atoms with Gasteiger partial charge in [-0.1, -0.05) is 19.1 Å². The molecule has 1 aromatic carbocycles. The van der Waals surface area contributed by atoms with Gasteiger partial charge in [0, 0.05) is 11.6 Å². The van der Waals surface area contributed by atoms with Gasteiger partial charge in [0.2, 0.25) is 0 Å². The van der Waals surface area contributed by atoms with Gasteiger partial charge in [0.25, 0.3) is 0 Å². The highest BCUT2D eigenvalue weighted by atomic mass is 79.9.